The number of nitrogens with one attached hydrogen (secondary N) is 1. The first-order valence-electron chi connectivity index (χ1n) is 8.68. The van der Waals surface area contributed by atoms with Crippen LogP contribution in [0.1, 0.15) is 48.8 Å². The van der Waals surface area contributed by atoms with Crippen LogP contribution in [0.5, 0.6) is 0 Å². The number of rotatable bonds is 5. The maximum Gasteiger partial charge on any atom is 0.272 e. The van der Waals surface area contributed by atoms with Gasteiger partial charge >= 0.3 is 0 Å². The smallest absolute Gasteiger partial charge is 0.272 e. The number of benzene rings is 1. The molecule has 2 N–H and O–H groups in total. The highest BCUT2D eigenvalue weighted by Crippen LogP contribution is 2.29. The molecule has 0 bridgehead atoms. The second kappa shape index (κ2) is 7.25. The molecular formula is C19H22ClN5O2. The molecule has 3 rings (SSSR count). The van der Waals surface area contributed by atoms with Gasteiger partial charge in [-0.2, -0.15) is 0 Å². The van der Waals surface area contributed by atoms with E-state index in [1.165, 1.54) is 12.4 Å². The highest BCUT2D eigenvalue weighted by molar-refractivity contribution is 6.31. The average Bonchev–Trinajstić information content (AvgIpc) is 2.95. The fourth-order valence-corrected chi connectivity index (χ4v) is 3.11. The SMILES string of the molecule is CCn1c([C@@H](NC(=O)c2cnc(C)cn2)C(C)(C)O)nc2cc(Cl)ccc21. The molecule has 0 radical (unpaired) electrons. The van der Waals surface area contributed by atoms with Crippen LogP contribution < -0.4 is 5.32 Å². The van der Waals surface area contributed by atoms with E-state index < -0.39 is 17.6 Å². The van der Waals surface area contributed by atoms with E-state index in [4.69, 9.17) is 11.6 Å². The van der Waals surface area contributed by atoms with Gasteiger partial charge in [-0.05, 0) is 45.9 Å². The normalized spacial score (nSPS) is 13.0. The van der Waals surface area contributed by atoms with Crippen molar-refractivity contribution < 1.29 is 9.90 Å². The number of aliphatic hydroxyl groups is 1. The molecule has 7 nitrogen and oxygen atoms in total. The highest BCUT2D eigenvalue weighted by atomic mass is 35.5. The Balaban J connectivity index is 2.04. The van der Waals surface area contributed by atoms with Gasteiger partial charge in [-0.3, -0.25) is 9.78 Å². The number of nitrogens with zero attached hydrogens (tertiary/aromatic N) is 4. The largest absolute Gasteiger partial charge is 0.388 e. The lowest BCUT2D eigenvalue weighted by Gasteiger charge is -2.30. The zero-order valence-corrected chi connectivity index (χ0v) is 16.4. The maximum absolute atomic E-state index is 12.7. The topological polar surface area (TPSA) is 92.9 Å². The summed E-state index contributed by atoms with van der Waals surface area (Å²) in [5.74, 6) is 0.123. The summed E-state index contributed by atoms with van der Waals surface area (Å²) in [5, 5.41) is 14.2. The molecule has 0 spiro atoms. The van der Waals surface area contributed by atoms with E-state index in [1.54, 1.807) is 32.9 Å². The van der Waals surface area contributed by atoms with Gasteiger partial charge in [-0.15, -0.1) is 0 Å². The molecule has 8 heteroatoms. The summed E-state index contributed by atoms with van der Waals surface area (Å²) in [7, 11) is 0. The van der Waals surface area contributed by atoms with Crippen LogP contribution in [0.25, 0.3) is 11.0 Å². The minimum atomic E-state index is -1.26. The Morgan fingerprint density at radius 3 is 2.67 bits per heavy atom. The number of carbonyl (C=O) groups excluding carboxylic acids is 1. The molecule has 1 amide bonds. The summed E-state index contributed by atoms with van der Waals surface area (Å²) in [6.07, 6.45) is 2.94. The van der Waals surface area contributed by atoms with Crippen LogP contribution in [0, 0.1) is 6.92 Å². The molecule has 27 heavy (non-hydrogen) atoms. The van der Waals surface area contributed by atoms with Crippen LogP contribution in [0.4, 0.5) is 0 Å². The molecule has 0 aliphatic rings. The fourth-order valence-electron chi connectivity index (χ4n) is 2.95. The van der Waals surface area contributed by atoms with E-state index in [1.807, 2.05) is 17.6 Å². The van der Waals surface area contributed by atoms with E-state index >= 15 is 0 Å². The number of aryl methyl sites for hydroxylation is 2. The molecule has 0 unspecified atom stereocenters. The first-order valence-corrected chi connectivity index (χ1v) is 9.06. The first-order chi connectivity index (χ1) is 12.7. The minimum Gasteiger partial charge on any atom is -0.388 e. The lowest BCUT2D eigenvalue weighted by molar-refractivity contribution is 0.0305. The molecule has 0 aliphatic carbocycles. The number of imidazole rings is 1. The molecule has 0 aliphatic heterocycles. The number of hydrogen-bond acceptors (Lipinski definition) is 5. The zero-order valence-electron chi connectivity index (χ0n) is 15.7. The number of hydrogen-bond donors (Lipinski definition) is 2. The van der Waals surface area contributed by atoms with Crippen molar-refractivity contribution in [3.8, 4) is 0 Å². The molecule has 142 valence electrons. The molecule has 1 atom stereocenters. The lowest BCUT2D eigenvalue weighted by Crippen LogP contribution is -2.43. The van der Waals surface area contributed by atoms with E-state index in [2.05, 4.69) is 20.3 Å². The number of halogens is 1. The first kappa shape index (κ1) is 19.3. The Labute approximate surface area is 162 Å². The highest BCUT2D eigenvalue weighted by Gasteiger charge is 2.34. The predicted molar refractivity (Wildman–Crippen MR) is 104 cm³/mol. The second-order valence-electron chi connectivity index (χ2n) is 6.95. The van der Waals surface area contributed by atoms with Crippen LogP contribution >= 0.6 is 11.6 Å². The van der Waals surface area contributed by atoms with Crippen LogP contribution in [0.15, 0.2) is 30.6 Å². The molecule has 0 fully saturated rings. The van der Waals surface area contributed by atoms with Gasteiger partial charge in [0, 0.05) is 17.8 Å². The van der Waals surface area contributed by atoms with Gasteiger partial charge in [0.05, 0.1) is 28.5 Å². The number of aromatic nitrogens is 4. The summed E-state index contributed by atoms with van der Waals surface area (Å²) < 4.78 is 1.95. The second-order valence-corrected chi connectivity index (χ2v) is 7.39. The van der Waals surface area contributed by atoms with Crippen molar-refractivity contribution in [1.82, 2.24) is 24.8 Å². The van der Waals surface area contributed by atoms with Crippen LogP contribution in [0.3, 0.4) is 0 Å². The van der Waals surface area contributed by atoms with Crippen molar-refractivity contribution in [1.29, 1.82) is 0 Å². The average molecular weight is 388 g/mol. The zero-order chi connectivity index (χ0) is 19.8. The predicted octanol–water partition coefficient (Wildman–Crippen LogP) is 3.05. The summed E-state index contributed by atoms with van der Waals surface area (Å²) >= 11 is 6.09. The lowest BCUT2D eigenvalue weighted by atomic mass is 9.97. The third kappa shape index (κ3) is 3.94. The Morgan fingerprint density at radius 2 is 2.07 bits per heavy atom. The molecular weight excluding hydrogens is 366 g/mol. The van der Waals surface area contributed by atoms with Crippen molar-refractivity contribution >= 4 is 28.5 Å². The molecule has 0 saturated carbocycles. The van der Waals surface area contributed by atoms with Crippen LogP contribution in [-0.4, -0.2) is 36.1 Å². The monoisotopic (exact) mass is 387 g/mol. The summed E-state index contributed by atoms with van der Waals surface area (Å²) in [6.45, 7) is 7.66. The van der Waals surface area contributed by atoms with E-state index in [-0.39, 0.29) is 5.69 Å². The molecule has 3 aromatic rings. The quantitative estimate of drug-likeness (QED) is 0.701. The fraction of sp³-hybridized carbons (Fsp3) is 0.368. The molecule has 1 aromatic carbocycles. The Kier molecular flexibility index (Phi) is 5.17. The van der Waals surface area contributed by atoms with Crippen molar-refractivity contribution in [2.24, 2.45) is 0 Å². The van der Waals surface area contributed by atoms with Gasteiger partial charge in [0.15, 0.2) is 0 Å². The van der Waals surface area contributed by atoms with Crippen molar-refractivity contribution in [2.45, 2.75) is 45.9 Å². The number of amides is 1. The van der Waals surface area contributed by atoms with Gasteiger partial charge < -0.3 is 15.0 Å². The van der Waals surface area contributed by atoms with E-state index in [0.29, 0.717) is 22.9 Å². The van der Waals surface area contributed by atoms with Crippen molar-refractivity contribution in [3.05, 3.63) is 52.8 Å². The van der Waals surface area contributed by atoms with Gasteiger partial charge in [-0.25, -0.2) is 9.97 Å². The van der Waals surface area contributed by atoms with Crippen molar-refractivity contribution in [2.75, 3.05) is 0 Å². The van der Waals surface area contributed by atoms with Gasteiger partial charge in [0.2, 0.25) is 0 Å². The summed E-state index contributed by atoms with van der Waals surface area (Å²) in [4.78, 5) is 25.5. The maximum atomic E-state index is 12.7. The van der Waals surface area contributed by atoms with Gasteiger partial charge in [0.1, 0.15) is 17.6 Å². The Morgan fingerprint density at radius 1 is 1.33 bits per heavy atom. The third-order valence-electron chi connectivity index (χ3n) is 4.31. The summed E-state index contributed by atoms with van der Waals surface area (Å²) in [6, 6.07) is 4.69. The molecule has 2 aromatic heterocycles. The Bertz CT molecular complexity index is 976. The third-order valence-corrected chi connectivity index (χ3v) is 4.54. The van der Waals surface area contributed by atoms with Crippen LogP contribution in [-0.2, 0) is 6.54 Å². The standard InChI is InChI=1S/C19H22ClN5O2/c1-5-25-15-7-6-12(20)8-13(15)23-17(25)16(19(3,4)27)24-18(26)14-10-21-11(2)9-22-14/h6-10,16,27H,5H2,1-4H3,(H,24,26)/t16-/m1/s1. The van der Waals surface area contributed by atoms with Gasteiger partial charge in [0.25, 0.3) is 5.91 Å². The van der Waals surface area contributed by atoms with Gasteiger partial charge in [-0.1, -0.05) is 11.6 Å². The van der Waals surface area contributed by atoms with E-state index in [9.17, 15) is 9.90 Å². The molecule has 0 saturated heterocycles. The summed E-state index contributed by atoms with van der Waals surface area (Å²) in [5.41, 5.74) is 1.23. The van der Waals surface area contributed by atoms with Crippen molar-refractivity contribution in [3.63, 3.8) is 0 Å². The number of carbonyl (C=O) groups is 1. The Hall–Kier alpha value is -2.51. The van der Waals surface area contributed by atoms with Crippen LogP contribution in [0.2, 0.25) is 5.02 Å². The number of fused-ring (bicyclic) bond motifs is 1. The van der Waals surface area contributed by atoms with E-state index in [0.717, 1.165) is 11.2 Å². The molecule has 2 heterocycles. The minimum absolute atomic E-state index is 0.178.